The molecule has 0 aliphatic heterocycles. The number of hydrogen-bond acceptors (Lipinski definition) is 4. The summed E-state index contributed by atoms with van der Waals surface area (Å²) in [6.07, 6.45) is 2.47. The van der Waals surface area contributed by atoms with Crippen LogP contribution in [0.15, 0.2) is 22.6 Å². The third-order valence-electron chi connectivity index (χ3n) is 2.80. The van der Waals surface area contributed by atoms with E-state index in [0.29, 0.717) is 12.1 Å². The zero-order chi connectivity index (χ0) is 10.4. The van der Waals surface area contributed by atoms with Gasteiger partial charge >= 0.3 is 0 Å². The molecule has 0 radical (unpaired) electrons. The molecule has 1 aliphatic carbocycles. The van der Waals surface area contributed by atoms with E-state index >= 15 is 0 Å². The lowest BCUT2D eigenvalue weighted by atomic mass is 10.3. The third kappa shape index (κ3) is 1.42. The molecule has 1 saturated carbocycles. The third-order valence-corrected chi connectivity index (χ3v) is 2.80. The van der Waals surface area contributed by atoms with E-state index in [1.165, 1.54) is 12.8 Å². The van der Waals surface area contributed by atoms with Gasteiger partial charge in [-0.05, 0) is 31.0 Å². The topological polar surface area (TPSA) is 55.3 Å². The Morgan fingerprint density at radius 3 is 3.00 bits per heavy atom. The summed E-state index contributed by atoms with van der Waals surface area (Å²) in [5.74, 6) is 0. The Labute approximate surface area is 87.7 Å². The summed E-state index contributed by atoms with van der Waals surface area (Å²) in [5, 5.41) is 0. The molecule has 0 atom stereocenters. The van der Waals surface area contributed by atoms with E-state index in [1.807, 2.05) is 25.2 Å². The van der Waals surface area contributed by atoms with Crippen LogP contribution in [-0.4, -0.2) is 18.1 Å². The normalized spacial score (nSPS) is 15.8. The molecule has 1 fully saturated rings. The Morgan fingerprint density at radius 1 is 1.47 bits per heavy atom. The quantitative estimate of drug-likeness (QED) is 0.758. The summed E-state index contributed by atoms with van der Waals surface area (Å²) >= 11 is 0. The molecule has 2 aromatic rings. The zero-order valence-electron chi connectivity index (χ0n) is 8.60. The molecule has 1 aliphatic rings. The standard InChI is InChI=1S/C11H13N3O/c1-14(8-3-4-8)11-13-9-6-7(12)2-5-10(9)15-11/h2,5-6,8H,3-4,12H2,1H3. The van der Waals surface area contributed by atoms with E-state index in [0.717, 1.165) is 16.8 Å². The predicted octanol–water partition coefficient (Wildman–Crippen LogP) is 2.01. The van der Waals surface area contributed by atoms with E-state index in [2.05, 4.69) is 9.88 Å². The summed E-state index contributed by atoms with van der Waals surface area (Å²) in [6, 6.07) is 6.83. The molecule has 0 spiro atoms. The maximum absolute atomic E-state index is 5.69. The molecule has 0 bridgehead atoms. The largest absolute Gasteiger partial charge is 0.423 e. The number of anilines is 2. The number of aromatic nitrogens is 1. The average molecular weight is 203 g/mol. The van der Waals surface area contributed by atoms with Crippen LogP contribution >= 0.6 is 0 Å². The summed E-state index contributed by atoms with van der Waals surface area (Å²) < 4.78 is 5.65. The molecular weight excluding hydrogens is 190 g/mol. The maximum atomic E-state index is 5.69. The molecular formula is C11H13N3O. The highest BCUT2D eigenvalue weighted by molar-refractivity contribution is 5.78. The molecule has 4 nitrogen and oxygen atoms in total. The van der Waals surface area contributed by atoms with Crippen molar-refractivity contribution in [2.24, 2.45) is 0 Å². The van der Waals surface area contributed by atoms with Gasteiger partial charge in [0.25, 0.3) is 6.01 Å². The van der Waals surface area contributed by atoms with Crippen LogP contribution in [0.1, 0.15) is 12.8 Å². The number of nitrogen functional groups attached to an aromatic ring is 1. The fraction of sp³-hybridized carbons (Fsp3) is 0.364. The van der Waals surface area contributed by atoms with Crippen LogP contribution in [0.25, 0.3) is 11.1 Å². The van der Waals surface area contributed by atoms with Gasteiger partial charge in [0.15, 0.2) is 5.58 Å². The van der Waals surface area contributed by atoms with E-state index in [1.54, 1.807) is 0 Å². The average Bonchev–Trinajstić information content (AvgIpc) is 2.97. The highest BCUT2D eigenvalue weighted by Gasteiger charge is 2.29. The molecule has 0 unspecified atom stereocenters. The molecule has 4 heteroatoms. The molecule has 1 heterocycles. The van der Waals surface area contributed by atoms with Gasteiger partial charge in [0.05, 0.1) is 0 Å². The van der Waals surface area contributed by atoms with Gasteiger partial charge in [-0.1, -0.05) is 0 Å². The molecule has 1 aromatic carbocycles. The monoisotopic (exact) mass is 203 g/mol. The van der Waals surface area contributed by atoms with Gasteiger partial charge in [-0.25, -0.2) is 0 Å². The van der Waals surface area contributed by atoms with Crippen LogP contribution in [0.5, 0.6) is 0 Å². The van der Waals surface area contributed by atoms with Gasteiger partial charge in [0, 0.05) is 18.8 Å². The number of oxazole rings is 1. The van der Waals surface area contributed by atoms with Crippen LogP contribution in [-0.2, 0) is 0 Å². The van der Waals surface area contributed by atoms with E-state index < -0.39 is 0 Å². The van der Waals surface area contributed by atoms with Gasteiger partial charge in [0.1, 0.15) is 5.52 Å². The second-order valence-corrected chi connectivity index (χ2v) is 4.07. The fourth-order valence-corrected chi connectivity index (χ4v) is 1.70. The first-order valence-corrected chi connectivity index (χ1v) is 5.13. The number of rotatable bonds is 2. The lowest BCUT2D eigenvalue weighted by Gasteiger charge is -2.11. The van der Waals surface area contributed by atoms with Crippen molar-refractivity contribution in [1.82, 2.24) is 4.98 Å². The second-order valence-electron chi connectivity index (χ2n) is 4.07. The van der Waals surface area contributed by atoms with Gasteiger partial charge in [-0.15, -0.1) is 0 Å². The zero-order valence-corrected chi connectivity index (χ0v) is 8.60. The molecule has 3 rings (SSSR count). The molecule has 15 heavy (non-hydrogen) atoms. The van der Waals surface area contributed by atoms with Crippen molar-refractivity contribution >= 4 is 22.8 Å². The first kappa shape index (κ1) is 8.59. The van der Waals surface area contributed by atoms with Crippen LogP contribution in [0.4, 0.5) is 11.7 Å². The minimum atomic E-state index is 0.607. The van der Waals surface area contributed by atoms with Crippen molar-refractivity contribution in [1.29, 1.82) is 0 Å². The van der Waals surface area contributed by atoms with Crippen molar-refractivity contribution in [3.05, 3.63) is 18.2 Å². The summed E-state index contributed by atoms with van der Waals surface area (Å²) in [4.78, 5) is 6.51. The van der Waals surface area contributed by atoms with E-state index in [-0.39, 0.29) is 0 Å². The molecule has 78 valence electrons. The van der Waals surface area contributed by atoms with Crippen molar-refractivity contribution in [2.45, 2.75) is 18.9 Å². The van der Waals surface area contributed by atoms with Crippen LogP contribution in [0.2, 0.25) is 0 Å². The molecule has 2 N–H and O–H groups in total. The summed E-state index contributed by atoms with van der Waals surface area (Å²) in [5.41, 5.74) is 8.03. The van der Waals surface area contributed by atoms with Gasteiger partial charge in [-0.3, -0.25) is 0 Å². The van der Waals surface area contributed by atoms with Crippen molar-refractivity contribution < 1.29 is 4.42 Å². The van der Waals surface area contributed by atoms with E-state index in [4.69, 9.17) is 10.2 Å². The Morgan fingerprint density at radius 2 is 2.27 bits per heavy atom. The number of fused-ring (bicyclic) bond motifs is 1. The predicted molar refractivity (Wildman–Crippen MR) is 59.8 cm³/mol. The van der Waals surface area contributed by atoms with Crippen molar-refractivity contribution in [3.63, 3.8) is 0 Å². The Bertz CT molecular complexity index is 502. The number of nitrogens with zero attached hydrogens (tertiary/aromatic N) is 2. The molecule has 0 saturated heterocycles. The minimum Gasteiger partial charge on any atom is -0.423 e. The highest BCUT2D eigenvalue weighted by atomic mass is 16.4. The molecule has 0 amide bonds. The van der Waals surface area contributed by atoms with Crippen molar-refractivity contribution in [2.75, 3.05) is 17.7 Å². The van der Waals surface area contributed by atoms with Crippen molar-refractivity contribution in [3.8, 4) is 0 Å². The van der Waals surface area contributed by atoms with Crippen LogP contribution in [0, 0.1) is 0 Å². The smallest absolute Gasteiger partial charge is 0.298 e. The first-order valence-electron chi connectivity index (χ1n) is 5.13. The number of benzene rings is 1. The van der Waals surface area contributed by atoms with Gasteiger partial charge < -0.3 is 15.1 Å². The SMILES string of the molecule is CN(c1nc2cc(N)ccc2o1)C1CC1. The Kier molecular flexibility index (Phi) is 1.65. The number of hydrogen-bond donors (Lipinski definition) is 1. The maximum Gasteiger partial charge on any atom is 0.298 e. The highest BCUT2D eigenvalue weighted by Crippen LogP contribution is 2.31. The minimum absolute atomic E-state index is 0.607. The molecule has 1 aromatic heterocycles. The lowest BCUT2D eigenvalue weighted by molar-refractivity contribution is 0.581. The van der Waals surface area contributed by atoms with E-state index in [9.17, 15) is 0 Å². The summed E-state index contributed by atoms with van der Waals surface area (Å²) in [6.45, 7) is 0. The van der Waals surface area contributed by atoms with Crippen LogP contribution in [0.3, 0.4) is 0 Å². The summed E-state index contributed by atoms with van der Waals surface area (Å²) in [7, 11) is 2.02. The lowest BCUT2D eigenvalue weighted by Crippen LogP contribution is -2.19. The first-order chi connectivity index (χ1) is 7.24. The van der Waals surface area contributed by atoms with Gasteiger partial charge in [0.2, 0.25) is 0 Å². The Balaban J connectivity index is 2.05. The van der Waals surface area contributed by atoms with Crippen LogP contribution < -0.4 is 10.6 Å². The Hall–Kier alpha value is -1.71. The number of nitrogens with two attached hydrogens (primary N) is 1. The second kappa shape index (κ2) is 2.89. The fourth-order valence-electron chi connectivity index (χ4n) is 1.70. The van der Waals surface area contributed by atoms with Gasteiger partial charge in [-0.2, -0.15) is 4.98 Å².